The monoisotopic (exact) mass is 429 g/mol. The maximum Gasteiger partial charge on any atom is 0.308 e. The van der Waals surface area contributed by atoms with E-state index in [2.05, 4.69) is 10.6 Å². The number of hydrogen-bond acceptors (Lipinski definition) is 6. The minimum Gasteiger partial charge on any atom is -0.455 e. The van der Waals surface area contributed by atoms with Gasteiger partial charge in [0.25, 0.3) is 11.8 Å². The molecule has 1 heterocycles. The van der Waals surface area contributed by atoms with Crippen LogP contribution in [0.2, 0.25) is 0 Å². The van der Waals surface area contributed by atoms with Gasteiger partial charge in [-0.1, -0.05) is 30.3 Å². The molecule has 3 amide bonds. The number of primary amides is 1. The smallest absolute Gasteiger partial charge is 0.308 e. The number of hydrogen-bond donors (Lipinski definition) is 3. The molecule has 4 N–H and O–H groups in total. The van der Waals surface area contributed by atoms with E-state index in [0.29, 0.717) is 10.6 Å². The number of benzene rings is 1. The zero-order valence-corrected chi connectivity index (χ0v) is 17.3. The zero-order chi connectivity index (χ0) is 21.7. The van der Waals surface area contributed by atoms with Crippen molar-refractivity contribution in [2.24, 2.45) is 5.73 Å². The van der Waals surface area contributed by atoms with Crippen molar-refractivity contribution < 1.29 is 23.9 Å². The van der Waals surface area contributed by atoms with E-state index >= 15 is 0 Å². The van der Waals surface area contributed by atoms with E-state index in [1.807, 2.05) is 6.07 Å². The summed E-state index contributed by atoms with van der Waals surface area (Å²) in [5.74, 6) is -2.04. The van der Waals surface area contributed by atoms with Crippen LogP contribution in [0.4, 0.5) is 5.00 Å². The Morgan fingerprint density at radius 2 is 1.90 bits per heavy atom. The molecule has 9 heteroatoms. The van der Waals surface area contributed by atoms with Crippen LogP contribution in [0.25, 0.3) is 0 Å². The number of aryl methyl sites for hydroxylation is 1. The van der Waals surface area contributed by atoms with Crippen molar-refractivity contribution in [2.75, 3.05) is 11.9 Å². The predicted octanol–water partition coefficient (Wildman–Crippen LogP) is 2.08. The largest absolute Gasteiger partial charge is 0.455 e. The van der Waals surface area contributed by atoms with Gasteiger partial charge >= 0.3 is 5.97 Å². The fourth-order valence-corrected chi connectivity index (χ4v) is 4.78. The second-order valence-corrected chi connectivity index (χ2v) is 8.11. The summed E-state index contributed by atoms with van der Waals surface area (Å²) in [7, 11) is 0. The first-order valence-electron chi connectivity index (χ1n) is 9.57. The number of esters is 1. The molecule has 0 fully saturated rings. The number of fused-ring (bicyclic) bond motifs is 1. The SMILES string of the molecule is CC(=O)N[C@H](CC(=O)OCC(=O)Nc1sc2c(c1C(N)=O)CCC2)c1ccccc1. The highest BCUT2D eigenvalue weighted by Crippen LogP contribution is 2.38. The number of amides is 3. The summed E-state index contributed by atoms with van der Waals surface area (Å²) in [6.07, 6.45) is 2.47. The maximum absolute atomic E-state index is 12.2. The van der Waals surface area contributed by atoms with Crippen molar-refractivity contribution in [1.82, 2.24) is 5.32 Å². The summed E-state index contributed by atoms with van der Waals surface area (Å²) in [4.78, 5) is 48.8. The van der Waals surface area contributed by atoms with Gasteiger partial charge in [-0.3, -0.25) is 19.2 Å². The van der Waals surface area contributed by atoms with Crippen LogP contribution >= 0.6 is 11.3 Å². The third-order valence-electron chi connectivity index (χ3n) is 4.74. The first-order chi connectivity index (χ1) is 14.3. The first-order valence-corrected chi connectivity index (χ1v) is 10.4. The highest BCUT2D eigenvalue weighted by Gasteiger charge is 2.26. The van der Waals surface area contributed by atoms with E-state index in [9.17, 15) is 19.2 Å². The molecule has 1 aromatic carbocycles. The van der Waals surface area contributed by atoms with Gasteiger partial charge in [-0.15, -0.1) is 11.3 Å². The molecule has 158 valence electrons. The van der Waals surface area contributed by atoms with Gasteiger partial charge in [0.2, 0.25) is 5.91 Å². The standard InChI is InChI=1S/C21H23N3O5S/c1-12(25)23-15(13-6-3-2-4-7-13)10-18(27)29-11-17(26)24-21-19(20(22)28)14-8-5-9-16(14)30-21/h2-4,6-7,15H,5,8-11H2,1H3,(H2,22,28)(H,23,25)(H,24,26)/t15-/m1/s1. The maximum atomic E-state index is 12.2. The number of carbonyl (C=O) groups is 4. The third-order valence-corrected chi connectivity index (χ3v) is 5.94. The van der Waals surface area contributed by atoms with Crippen LogP contribution < -0.4 is 16.4 Å². The lowest BCUT2D eigenvalue weighted by atomic mass is 10.0. The van der Waals surface area contributed by atoms with Crippen molar-refractivity contribution >= 4 is 40.0 Å². The zero-order valence-electron chi connectivity index (χ0n) is 16.5. The summed E-state index contributed by atoms with van der Waals surface area (Å²) < 4.78 is 5.07. The lowest BCUT2D eigenvalue weighted by Crippen LogP contribution is -2.29. The van der Waals surface area contributed by atoms with E-state index in [1.54, 1.807) is 24.3 Å². The Bertz CT molecular complexity index is 971. The highest BCUT2D eigenvalue weighted by atomic mass is 32.1. The lowest BCUT2D eigenvalue weighted by Gasteiger charge is -2.17. The van der Waals surface area contributed by atoms with Crippen LogP contribution in [0.1, 0.15) is 52.2 Å². The van der Waals surface area contributed by atoms with Crippen molar-refractivity contribution in [1.29, 1.82) is 0 Å². The molecule has 0 spiro atoms. The third kappa shape index (κ3) is 5.24. The highest BCUT2D eigenvalue weighted by molar-refractivity contribution is 7.17. The summed E-state index contributed by atoms with van der Waals surface area (Å²) in [5, 5.41) is 5.73. The quantitative estimate of drug-likeness (QED) is 0.554. The molecule has 8 nitrogen and oxygen atoms in total. The minimum atomic E-state index is -0.628. The molecule has 0 saturated heterocycles. The van der Waals surface area contributed by atoms with Crippen LogP contribution in [0.15, 0.2) is 30.3 Å². The Hall–Kier alpha value is -3.20. The van der Waals surface area contributed by atoms with E-state index in [0.717, 1.165) is 35.3 Å². The summed E-state index contributed by atoms with van der Waals surface area (Å²) >= 11 is 1.33. The Labute approximate surface area is 177 Å². The van der Waals surface area contributed by atoms with Crippen LogP contribution in [0.5, 0.6) is 0 Å². The number of thiophene rings is 1. The molecule has 1 atom stereocenters. The molecule has 1 aromatic heterocycles. The van der Waals surface area contributed by atoms with E-state index in [-0.39, 0.29) is 12.3 Å². The fraction of sp³-hybridized carbons (Fsp3) is 0.333. The van der Waals surface area contributed by atoms with Crippen molar-refractivity contribution in [3.05, 3.63) is 51.9 Å². The molecular weight excluding hydrogens is 406 g/mol. The fourth-order valence-electron chi connectivity index (χ4n) is 3.47. The molecule has 1 aliphatic carbocycles. The van der Waals surface area contributed by atoms with Gasteiger partial charge in [0.15, 0.2) is 6.61 Å². The second-order valence-electron chi connectivity index (χ2n) is 7.00. The first kappa shape index (κ1) is 21.5. The summed E-state index contributed by atoms with van der Waals surface area (Å²) in [6.45, 7) is 0.866. The van der Waals surface area contributed by atoms with E-state index in [4.69, 9.17) is 10.5 Å². The summed E-state index contributed by atoms with van der Waals surface area (Å²) in [6, 6.07) is 8.47. The molecule has 0 aliphatic heterocycles. The summed E-state index contributed by atoms with van der Waals surface area (Å²) in [5.41, 5.74) is 7.49. The molecule has 1 aliphatic rings. The topological polar surface area (TPSA) is 128 Å². The van der Waals surface area contributed by atoms with Crippen molar-refractivity contribution in [2.45, 2.75) is 38.6 Å². The normalized spacial score (nSPS) is 13.2. The Morgan fingerprint density at radius 1 is 1.17 bits per heavy atom. The Kier molecular flexibility index (Phi) is 6.83. The number of nitrogens with one attached hydrogen (secondary N) is 2. The van der Waals surface area contributed by atoms with E-state index < -0.39 is 30.4 Å². The number of ether oxygens (including phenoxy) is 1. The second kappa shape index (κ2) is 9.53. The lowest BCUT2D eigenvalue weighted by molar-refractivity contribution is -0.148. The number of anilines is 1. The van der Waals surface area contributed by atoms with Gasteiger partial charge < -0.3 is 21.1 Å². The molecule has 2 aromatic rings. The molecule has 30 heavy (non-hydrogen) atoms. The molecule has 0 radical (unpaired) electrons. The van der Waals surface area contributed by atoms with Crippen LogP contribution in [0.3, 0.4) is 0 Å². The Morgan fingerprint density at radius 3 is 2.57 bits per heavy atom. The van der Waals surface area contributed by atoms with Crippen LogP contribution in [-0.4, -0.2) is 30.3 Å². The molecule has 0 bridgehead atoms. The van der Waals surface area contributed by atoms with Gasteiger partial charge in [0.05, 0.1) is 18.0 Å². The number of carbonyl (C=O) groups excluding carboxylic acids is 4. The predicted molar refractivity (Wildman–Crippen MR) is 112 cm³/mol. The van der Waals surface area contributed by atoms with Crippen LogP contribution in [0, 0.1) is 0 Å². The average molecular weight is 429 g/mol. The number of rotatable bonds is 8. The van der Waals surface area contributed by atoms with Crippen molar-refractivity contribution in [3.63, 3.8) is 0 Å². The molecule has 3 rings (SSSR count). The molecule has 0 unspecified atom stereocenters. The van der Waals surface area contributed by atoms with Gasteiger partial charge in [-0.05, 0) is 30.4 Å². The van der Waals surface area contributed by atoms with Gasteiger partial charge in [0.1, 0.15) is 5.00 Å². The van der Waals surface area contributed by atoms with E-state index in [1.165, 1.54) is 18.3 Å². The molecule has 0 saturated carbocycles. The van der Waals surface area contributed by atoms with Gasteiger partial charge in [-0.25, -0.2) is 0 Å². The van der Waals surface area contributed by atoms with Gasteiger partial charge in [-0.2, -0.15) is 0 Å². The van der Waals surface area contributed by atoms with Gasteiger partial charge in [0, 0.05) is 11.8 Å². The van der Waals surface area contributed by atoms with Crippen LogP contribution in [-0.2, 0) is 32.0 Å². The number of nitrogens with two attached hydrogens (primary N) is 1. The molecular formula is C21H23N3O5S. The Balaban J connectivity index is 1.57. The minimum absolute atomic E-state index is 0.114. The van der Waals surface area contributed by atoms with Crippen molar-refractivity contribution in [3.8, 4) is 0 Å². The average Bonchev–Trinajstić information content (AvgIpc) is 3.26.